The van der Waals surface area contributed by atoms with Crippen LogP contribution in [0.3, 0.4) is 0 Å². The zero-order valence-electron chi connectivity index (χ0n) is 16.3. The van der Waals surface area contributed by atoms with Gasteiger partial charge in [0.2, 0.25) is 17.7 Å². The molecule has 1 aromatic heterocycles. The molecule has 5 nitrogen and oxygen atoms in total. The predicted octanol–water partition coefficient (Wildman–Crippen LogP) is 5.39. The summed E-state index contributed by atoms with van der Waals surface area (Å²) in [4.78, 5) is 15.1. The molecule has 0 radical (unpaired) electrons. The molecule has 30 heavy (non-hydrogen) atoms. The van der Waals surface area contributed by atoms with E-state index in [4.69, 9.17) is 4.42 Å². The van der Waals surface area contributed by atoms with Gasteiger partial charge >= 0.3 is 0 Å². The average molecular weight is 462 g/mol. The van der Waals surface area contributed by atoms with Gasteiger partial charge in [0.25, 0.3) is 0 Å². The molecule has 1 heterocycles. The Kier molecular flexibility index (Phi) is 5.09. The molecule has 1 fully saturated rings. The van der Waals surface area contributed by atoms with Gasteiger partial charge in [0.05, 0.1) is 18.5 Å². The molecule has 4 aromatic rings. The molecule has 1 aliphatic rings. The van der Waals surface area contributed by atoms with E-state index in [0.717, 1.165) is 39.2 Å². The van der Waals surface area contributed by atoms with Crippen LogP contribution in [0.1, 0.15) is 24.3 Å². The first kappa shape index (κ1) is 19.0. The van der Waals surface area contributed by atoms with Crippen LogP contribution in [0, 0.1) is 0 Å². The first-order valence-electron chi connectivity index (χ1n) is 10.0. The zero-order chi connectivity index (χ0) is 20.5. The highest BCUT2D eigenvalue weighted by Gasteiger charge is 2.33. The number of hydrogen-bond acceptors (Lipinski definition) is 4. The number of nitrogens with zero attached hydrogens (tertiary/aromatic N) is 3. The minimum Gasteiger partial charge on any atom is -0.419 e. The molecule has 0 aliphatic heterocycles. The van der Waals surface area contributed by atoms with E-state index in [0.29, 0.717) is 24.7 Å². The lowest BCUT2D eigenvalue weighted by Gasteiger charge is -2.21. The van der Waals surface area contributed by atoms with Crippen molar-refractivity contribution in [3.8, 4) is 11.5 Å². The summed E-state index contributed by atoms with van der Waals surface area (Å²) in [7, 11) is 0. The molecule has 0 unspecified atom stereocenters. The first-order chi connectivity index (χ1) is 14.7. The van der Waals surface area contributed by atoms with E-state index in [-0.39, 0.29) is 11.9 Å². The molecule has 0 N–H and O–H groups in total. The predicted molar refractivity (Wildman–Crippen MR) is 119 cm³/mol. The molecule has 150 valence electrons. The summed E-state index contributed by atoms with van der Waals surface area (Å²) >= 11 is 3.51. The molecule has 6 heteroatoms. The molecular weight excluding hydrogens is 442 g/mol. The van der Waals surface area contributed by atoms with Gasteiger partial charge in [0.1, 0.15) is 0 Å². The van der Waals surface area contributed by atoms with Crippen molar-refractivity contribution in [2.45, 2.75) is 31.8 Å². The second-order valence-corrected chi connectivity index (χ2v) is 8.40. The van der Waals surface area contributed by atoms with Gasteiger partial charge in [0, 0.05) is 10.5 Å². The highest BCUT2D eigenvalue weighted by Crippen LogP contribution is 2.31. The topological polar surface area (TPSA) is 59.2 Å². The fraction of sp³-hybridized carbons (Fsp3) is 0.208. The Morgan fingerprint density at radius 3 is 2.60 bits per heavy atom. The van der Waals surface area contributed by atoms with Crippen molar-refractivity contribution in [2.75, 3.05) is 0 Å². The molecule has 0 saturated heterocycles. The van der Waals surface area contributed by atoms with Gasteiger partial charge in [-0.05, 0) is 57.2 Å². The van der Waals surface area contributed by atoms with Crippen LogP contribution in [-0.4, -0.2) is 27.0 Å². The standard InChI is InChI=1S/C24H20BrN3O2/c25-21-11-4-3-10-20(21)24-27-26-22(30-24)15-28(18-12-13-18)23(29)14-17-8-5-7-16-6-1-2-9-19(16)17/h1-11,18H,12-15H2. The summed E-state index contributed by atoms with van der Waals surface area (Å²) in [5.74, 6) is 1.00. The molecule has 0 bridgehead atoms. The molecular formula is C24H20BrN3O2. The first-order valence-corrected chi connectivity index (χ1v) is 10.8. The summed E-state index contributed by atoms with van der Waals surface area (Å²) < 4.78 is 6.78. The Morgan fingerprint density at radius 2 is 1.77 bits per heavy atom. The molecule has 1 aliphatic carbocycles. The third-order valence-electron chi connectivity index (χ3n) is 5.41. The number of carbonyl (C=O) groups is 1. The number of amides is 1. The van der Waals surface area contributed by atoms with Crippen LogP contribution < -0.4 is 0 Å². The highest BCUT2D eigenvalue weighted by atomic mass is 79.9. The van der Waals surface area contributed by atoms with Crippen molar-refractivity contribution in [1.82, 2.24) is 15.1 Å². The van der Waals surface area contributed by atoms with Gasteiger partial charge < -0.3 is 9.32 Å². The maximum atomic E-state index is 13.2. The summed E-state index contributed by atoms with van der Waals surface area (Å²) in [6.45, 7) is 0.339. The van der Waals surface area contributed by atoms with E-state index in [2.05, 4.69) is 44.3 Å². The Balaban J connectivity index is 1.36. The molecule has 0 spiro atoms. The van der Waals surface area contributed by atoms with Crippen LogP contribution in [0.2, 0.25) is 0 Å². The van der Waals surface area contributed by atoms with Crippen LogP contribution in [0.25, 0.3) is 22.2 Å². The summed E-state index contributed by atoms with van der Waals surface area (Å²) in [6, 6.07) is 22.3. The molecule has 5 rings (SSSR count). The van der Waals surface area contributed by atoms with Crippen molar-refractivity contribution in [2.24, 2.45) is 0 Å². The van der Waals surface area contributed by atoms with Gasteiger partial charge in [-0.2, -0.15) is 0 Å². The monoisotopic (exact) mass is 461 g/mol. The second kappa shape index (κ2) is 8.03. The Morgan fingerprint density at radius 1 is 1.00 bits per heavy atom. The van der Waals surface area contributed by atoms with Crippen molar-refractivity contribution in [3.63, 3.8) is 0 Å². The van der Waals surface area contributed by atoms with E-state index in [9.17, 15) is 4.79 Å². The minimum absolute atomic E-state index is 0.0921. The number of benzene rings is 3. The van der Waals surface area contributed by atoms with Crippen molar-refractivity contribution < 1.29 is 9.21 Å². The van der Waals surface area contributed by atoms with Gasteiger partial charge in [0.15, 0.2) is 0 Å². The van der Waals surface area contributed by atoms with Crippen LogP contribution in [0.15, 0.2) is 75.6 Å². The van der Waals surface area contributed by atoms with E-state index < -0.39 is 0 Å². The van der Waals surface area contributed by atoms with Gasteiger partial charge in [-0.1, -0.05) is 54.6 Å². The average Bonchev–Trinajstić information content (AvgIpc) is 3.50. The normalized spacial score (nSPS) is 13.5. The van der Waals surface area contributed by atoms with Crippen LogP contribution in [0.4, 0.5) is 0 Å². The summed E-state index contributed by atoms with van der Waals surface area (Å²) in [5.41, 5.74) is 1.89. The van der Waals surface area contributed by atoms with Crippen molar-refractivity contribution in [3.05, 3.63) is 82.7 Å². The SMILES string of the molecule is O=C(Cc1cccc2ccccc12)N(Cc1nnc(-c2ccccc2Br)o1)C1CC1. The number of fused-ring (bicyclic) bond motifs is 1. The maximum Gasteiger partial charge on any atom is 0.248 e. The highest BCUT2D eigenvalue weighted by molar-refractivity contribution is 9.10. The van der Waals surface area contributed by atoms with Crippen LogP contribution in [0.5, 0.6) is 0 Å². The lowest BCUT2D eigenvalue weighted by Crippen LogP contribution is -2.34. The van der Waals surface area contributed by atoms with E-state index >= 15 is 0 Å². The quantitative estimate of drug-likeness (QED) is 0.386. The van der Waals surface area contributed by atoms with Crippen molar-refractivity contribution in [1.29, 1.82) is 0 Å². The zero-order valence-corrected chi connectivity index (χ0v) is 17.9. The largest absolute Gasteiger partial charge is 0.419 e. The number of carbonyl (C=O) groups excluding carboxylic acids is 1. The number of rotatable bonds is 6. The maximum absolute atomic E-state index is 13.2. The van der Waals surface area contributed by atoms with Crippen LogP contribution >= 0.6 is 15.9 Å². The van der Waals surface area contributed by atoms with Gasteiger partial charge in [-0.3, -0.25) is 4.79 Å². The lowest BCUT2D eigenvalue weighted by atomic mass is 10.0. The fourth-order valence-electron chi connectivity index (χ4n) is 3.72. The minimum atomic E-state index is 0.0921. The van der Waals surface area contributed by atoms with Crippen molar-refractivity contribution >= 4 is 32.6 Å². The third-order valence-corrected chi connectivity index (χ3v) is 6.10. The summed E-state index contributed by atoms with van der Waals surface area (Å²) in [6.07, 6.45) is 2.40. The van der Waals surface area contributed by atoms with E-state index in [1.165, 1.54) is 0 Å². The lowest BCUT2D eigenvalue weighted by molar-refractivity contribution is -0.132. The number of halogens is 1. The number of aromatic nitrogens is 2. The van der Waals surface area contributed by atoms with E-state index in [1.807, 2.05) is 53.4 Å². The second-order valence-electron chi connectivity index (χ2n) is 7.55. The molecule has 3 aromatic carbocycles. The van der Waals surface area contributed by atoms with E-state index in [1.54, 1.807) is 0 Å². The van der Waals surface area contributed by atoms with Gasteiger partial charge in [-0.25, -0.2) is 0 Å². The Bertz CT molecular complexity index is 1210. The van der Waals surface area contributed by atoms with Gasteiger partial charge in [-0.15, -0.1) is 10.2 Å². The third kappa shape index (κ3) is 3.87. The molecule has 1 amide bonds. The van der Waals surface area contributed by atoms with Crippen LogP contribution in [-0.2, 0) is 17.8 Å². The fourth-order valence-corrected chi connectivity index (χ4v) is 4.18. The molecule has 1 saturated carbocycles. The molecule has 0 atom stereocenters. The Hall–Kier alpha value is -2.99. The number of hydrogen-bond donors (Lipinski definition) is 0. The summed E-state index contributed by atoms with van der Waals surface area (Å²) in [5, 5.41) is 10.6. The smallest absolute Gasteiger partial charge is 0.248 e. The Labute approximate surface area is 182 Å².